The second kappa shape index (κ2) is 5.17. The number of benzene rings is 1. The van der Waals surface area contributed by atoms with Gasteiger partial charge in [-0.2, -0.15) is 0 Å². The molecule has 0 saturated heterocycles. The van der Waals surface area contributed by atoms with Gasteiger partial charge in [0.1, 0.15) is 16.5 Å². The Balaban J connectivity index is 2.47. The van der Waals surface area contributed by atoms with Gasteiger partial charge in [0.15, 0.2) is 4.90 Å². The predicted molar refractivity (Wildman–Crippen MR) is 68.4 cm³/mol. The average molecular weight is 319 g/mol. The number of carbonyl (C=O) groups is 1. The van der Waals surface area contributed by atoms with Crippen LogP contribution in [0.5, 0.6) is 0 Å². The summed E-state index contributed by atoms with van der Waals surface area (Å²) < 4.78 is 52.7. The Bertz CT molecular complexity index is 750. The number of aromatic carboxylic acids is 1. The van der Waals surface area contributed by atoms with Gasteiger partial charge in [-0.3, -0.25) is 4.72 Å². The van der Waals surface area contributed by atoms with E-state index >= 15 is 0 Å². The van der Waals surface area contributed by atoms with Gasteiger partial charge in [0, 0.05) is 0 Å². The third kappa shape index (κ3) is 2.63. The summed E-state index contributed by atoms with van der Waals surface area (Å²) in [7, 11) is -4.56. The van der Waals surface area contributed by atoms with Gasteiger partial charge in [-0.15, -0.1) is 11.3 Å². The Kier molecular flexibility index (Phi) is 3.73. The number of carboxylic acid groups (broad SMARTS) is 1. The van der Waals surface area contributed by atoms with Crippen molar-refractivity contribution in [2.45, 2.75) is 4.90 Å². The van der Waals surface area contributed by atoms with E-state index in [1.807, 2.05) is 4.72 Å². The van der Waals surface area contributed by atoms with E-state index < -0.39 is 32.5 Å². The van der Waals surface area contributed by atoms with Crippen molar-refractivity contribution in [2.75, 3.05) is 4.72 Å². The van der Waals surface area contributed by atoms with E-state index in [-0.39, 0.29) is 10.6 Å². The first-order chi connectivity index (χ1) is 9.33. The molecule has 2 rings (SSSR count). The van der Waals surface area contributed by atoms with Crippen LogP contribution in [-0.4, -0.2) is 19.5 Å². The zero-order chi connectivity index (χ0) is 14.9. The van der Waals surface area contributed by atoms with Crippen LogP contribution in [0.1, 0.15) is 9.67 Å². The molecule has 106 valence electrons. The molecule has 0 spiro atoms. The fraction of sp³-hybridized carbons (Fsp3) is 0. The highest BCUT2D eigenvalue weighted by Crippen LogP contribution is 2.27. The number of hydrogen-bond acceptors (Lipinski definition) is 4. The van der Waals surface area contributed by atoms with Crippen LogP contribution < -0.4 is 4.72 Å². The minimum atomic E-state index is -4.56. The summed E-state index contributed by atoms with van der Waals surface area (Å²) in [6, 6.07) is 3.81. The number of sulfonamides is 1. The van der Waals surface area contributed by atoms with Gasteiger partial charge >= 0.3 is 5.97 Å². The molecule has 2 aromatic rings. The Hall–Kier alpha value is -2.00. The molecule has 1 aromatic heterocycles. The molecule has 9 heteroatoms. The monoisotopic (exact) mass is 319 g/mol. The van der Waals surface area contributed by atoms with Crippen molar-refractivity contribution in [1.82, 2.24) is 0 Å². The molecule has 0 fully saturated rings. The van der Waals surface area contributed by atoms with Crippen LogP contribution in [-0.2, 0) is 10.0 Å². The lowest BCUT2D eigenvalue weighted by Gasteiger charge is -2.09. The highest BCUT2D eigenvalue weighted by molar-refractivity contribution is 7.92. The molecule has 0 saturated carbocycles. The smallest absolute Gasteiger partial charge is 0.348 e. The van der Waals surface area contributed by atoms with Crippen LogP contribution in [0.4, 0.5) is 14.5 Å². The van der Waals surface area contributed by atoms with Gasteiger partial charge in [-0.25, -0.2) is 22.0 Å². The van der Waals surface area contributed by atoms with Gasteiger partial charge < -0.3 is 5.11 Å². The molecule has 2 N–H and O–H groups in total. The van der Waals surface area contributed by atoms with Crippen LogP contribution in [0.2, 0.25) is 0 Å². The largest absolute Gasteiger partial charge is 0.477 e. The number of hydrogen-bond donors (Lipinski definition) is 2. The lowest BCUT2D eigenvalue weighted by Crippen LogP contribution is -2.17. The molecule has 0 aliphatic heterocycles. The van der Waals surface area contributed by atoms with E-state index in [1.54, 1.807) is 0 Å². The van der Waals surface area contributed by atoms with E-state index in [0.717, 1.165) is 29.5 Å². The summed E-state index contributed by atoms with van der Waals surface area (Å²) in [5.41, 5.74) is -0.245. The zero-order valence-corrected chi connectivity index (χ0v) is 11.3. The van der Waals surface area contributed by atoms with E-state index in [1.165, 1.54) is 11.4 Å². The normalized spacial score (nSPS) is 11.3. The minimum Gasteiger partial charge on any atom is -0.477 e. The van der Waals surface area contributed by atoms with Gasteiger partial charge in [0.25, 0.3) is 10.0 Å². The van der Waals surface area contributed by atoms with Gasteiger partial charge in [0.05, 0.1) is 5.69 Å². The molecular formula is C11H7F2NO4S2. The van der Waals surface area contributed by atoms with Crippen LogP contribution in [0.25, 0.3) is 0 Å². The lowest BCUT2D eigenvalue weighted by molar-refractivity contribution is 0.0703. The molecule has 20 heavy (non-hydrogen) atoms. The number of halogens is 2. The Morgan fingerprint density at radius 2 is 1.80 bits per heavy atom. The number of thiophene rings is 1. The standard InChI is InChI=1S/C11H7F2NO4S2/c12-6-2-1-3-7(13)10(6)20(17,18)14-8-4-5-19-9(8)11(15)16/h1-5,14H,(H,15,16). The average Bonchev–Trinajstić information content (AvgIpc) is 2.75. The third-order valence-corrected chi connectivity index (χ3v) is 4.61. The fourth-order valence-corrected chi connectivity index (χ4v) is 3.45. The number of anilines is 1. The molecule has 0 bridgehead atoms. The SMILES string of the molecule is O=C(O)c1sccc1NS(=O)(=O)c1c(F)cccc1F. The summed E-state index contributed by atoms with van der Waals surface area (Å²) in [4.78, 5) is 9.44. The van der Waals surface area contributed by atoms with E-state index in [0.29, 0.717) is 0 Å². The molecule has 0 radical (unpaired) electrons. The van der Waals surface area contributed by atoms with Gasteiger partial charge in [-0.1, -0.05) is 6.07 Å². The summed E-state index contributed by atoms with van der Waals surface area (Å²) in [5.74, 6) is -3.86. The van der Waals surface area contributed by atoms with Crippen LogP contribution in [0.3, 0.4) is 0 Å². The quantitative estimate of drug-likeness (QED) is 0.907. The Morgan fingerprint density at radius 1 is 1.20 bits per heavy atom. The summed E-state index contributed by atoms with van der Waals surface area (Å²) >= 11 is 0.788. The van der Waals surface area contributed by atoms with Crippen molar-refractivity contribution >= 4 is 33.0 Å². The third-order valence-electron chi connectivity index (χ3n) is 2.29. The van der Waals surface area contributed by atoms with Crippen molar-refractivity contribution in [3.63, 3.8) is 0 Å². The molecule has 0 atom stereocenters. The lowest BCUT2D eigenvalue weighted by atomic mass is 10.3. The number of nitrogens with one attached hydrogen (secondary N) is 1. The first kappa shape index (κ1) is 14.4. The second-order valence-corrected chi connectivity index (χ2v) is 6.16. The van der Waals surface area contributed by atoms with E-state index in [2.05, 4.69) is 0 Å². The maximum Gasteiger partial charge on any atom is 0.348 e. The predicted octanol–water partition coefficient (Wildman–Crippen LogP) is 2.53. The molecule has 0 aliphatic carbocycles. The van der Waals surface area contributed by atoms with Crippen molar-refractivity contribution in [2.24, 2.45) is 0 Å². The number of rotatable bonds is 4. The summed E-state index contributed by atoms with van der Waals surface area (Å²) in [6.07, 6.45) is 0. The maximum atomic E-state index is 13.5. The zero-order valence-electron chi connectivity index (χ0n) is 9.63. The molecule has 5 nitrogen and oxygen atoms in total. The highest BCUT2D eigenvalue weighted by atomic mass is 32.2. The summed E-state index contributed by atoms with van der Waals surface area (Å²) in [6.45, 7) is 0. The first-order valence-electron chi connectivity index (χ1n) is 5.10. The molecule has 1 heterocycles. The second-order valence-electron chi connectivity index (χ2n) is 3.62. The maximum absolute atomic E-state index is 13.5. The Labute approximate surface area is 116 Å². The van der Waals surface area contributed by atoms with Crippen molar-refractivity contribution in [3.8, 4) is 0 Å². The molecule has 0 aliphatic rings. The van der Waals surface area contributed by atoms with Crippen molar-refractivity contribution in [1.29, 1.82) is 0 Å². The fourth-order valence-electron chi connectivity index (χ4n) is 1.49. The molecular weight excluding hydrogens is 312 g/mol. The summed E-state index contributed by atoms with van der Waals surface area (Å²) in [5, 5.41) is 10.2. The molecule has 0 amide bonds. The van der Waals surface area contributed by atoms with Crippen LogP contribution in [0, 0.1) is 11.6 Å². The van der Waals surface area contributed by atoms with Crippen LogP contribution in [0.15, 0.2) is 34.5 Å². The van der Waals surface area contributed by atoms with E-state index in [9.17, 15) is 22.0 Å². The van der Waals surface area contributed by atoms with Crippen LogP contribution >= 0.6 is 11.3 Å². The number of carboxylic acids is 1. The molecule has 1 aromatic carbocycles. The minimum absolute atomic E-state index is 0.245. The topological polar surface area (TPSA) is 83.5 Å². The Morgan fingerprint density at radius 3 is 2.35 bits per heavy atom. The van der Waals surface area contributed by atoms with Gasteiger partial charge in [0.2, 0.25) is 0 Å². The molecule has 0 unspecified atom stereocenters. The van der Waals surface area contributed by atoms with E-state index in [4.69, 9.17) is 5.11 Å². The van der Waals surface area contributed by atoms with Crippen molar-refractivity contribution < 1.29 is 27.1 Å². The van der Waals surface area contributed by atoms with Gasteiger partial charge in [-0.05, 0) is 23.6 Å². The highest BCUT2D eigenvalue weighted by Gasteiger charge is 2.26. The van der Waals surface area contributed by atoms with Crippen molar-refractivity contribution in [3.05, 3.63) is 46.2 Å². The first-order valence-corrected chi connectivity index (χ1v) is 7.47.